The molecule has 4 nitrogen and oxygen atoms in total. The molecule has 0 aliphatic heterocycles. The summed E-state index contributed by atoms with van der Waals surface area (Å²) in [4.78, 5) is 15.5. The lowest BCUT2D eigenvalue weighted by molar-refractivity contribution is -0.137. The standard InChI is InChI=1S/C13H16N2O2S/c1-3-9(2)18-13-14-10-6-4-5-7-11(10)15(13)8-12(16)17/h4-7,9H,3,8H2,1-2H3,(H,16,17)/t9-/m1/s1. The van der Waals surface area contributed by atoms with E-state index in [0.717, 1.165) is 22.6 Å². The molecule has 18 heavy (non-hydrogen) atoms. The number of fused-ring (bicyclic) bond motifs is 1. The minimum atomic E-state index is -0.843. The number of hydrogen-bond acceptors (Lipinski definition) is 3. The fraction of sp³-hybridized carbons (Fsp3) is 0.385. The van der Waals surface area contributed by atoms with Crippen LogP contribution in [0.15, 0.2) is 29.4 Å². The summed E-state index contributed by atoms with van der Waals surface area (Å²) in [6, 6.07) is 7.64. The predicted molar refractivity (Wildman–Crippen MR) is 73.0 cm³/mol. The second kappa shape index (κ2) is 5.44. The summed E-state index contributed by atoms with van der Waals surface area (Å²) in [6.45, 7) is 4.19. The van der Waals surface area contributed by atoms with Gasteiger partial charge in [0.05, 0.1) is 11.0 Å². The van der Waals surface area contributed by atoms with Gasteiger partial charge in [-0.05, 0) is 18.6 Å². The van der Waals surface area contributed by atoms with Crippen LogP contribution in [0.5, 0.6) is 0 Å². The maximum absolute atomic E-state index is 11.0. The number of para-hydroxylation sites is 2. The molecule has 1 atom stereocenters. The highest BCUT2D eigenvalue weighted by atomic mass is 32.2. The largest absolute Gasteiger partial charge is 0.480 e. The van der Waals surface area contributed by atoms with Gasteiger partial charge in [-0.3, -0.25) is 4.79 Å². The zero-order valence-electron chi connectivity index (χ0n) is 10.5. The van der Waals surface area contributed by atoms with E-state index in [1.165, 1.54) is 0 Å². The highest BCUT2D eigenvalue weighted by Gasteiger charge is 2.15. The van der Waals surface area contributed by atoms with Crippen LogP contribution in [0.25, 0.3) is 11.0 Å². The average molecular weight is 264 g/mol. The van der Waals surface area contributed by atoms with E-state index in [1.54, 1.807) is 16.3 Å². The first-order valence-electron chi connectivity index (χ1n) is 5.95. The van der Waals surface area contributed by atoms with Crippen LogP contribution in [-0.2, 0) is 11.3 Å². The van der Waals surface area contributed by atoms with Crippen LogP contribution in [0, 0.1) is 0 Å². The van der Waals surface area contributed by atoms with Gasteiger partial charge in [-0.25, -0.2) is 4.98 Å². The predicted octanol–water partition coefficient (Wildman–Crippen LogP) is 3.01. The summed E-state index contributed by atoms with van der Waals surface area (Å²) in [6.07, 6.45) is 1.03. The van der Waals surface area contributed by atoms with E-state index in [4.69, 9.17) is 5.11 Å². The molecule has 1 N–H and O–H groups in total. The van der Waals surface area contributed by atoms with Crippen LogP contribution in [0.2, 0.25) is 0 Å². The van der Waals surface area contributed by atoms with E-state index < -0.39 is 5.97 Å². The van der Waals surface area contributed by atoms with Crippen molar-refractivity contribution < 1.29 is 9.90 Å². The fourth-order valence-corrected chi connectivity index (χ4v) is 2.66. The minimum absolute atomic E-state index is 0.0424. The zero-order chi connectivity index (χ0) is 13.1. The number of nitrogens with zero attached hydrogens (tertiary/aromatic N) is 2. The number of carbonyl (C=O) groups is 1. The number of rotatable bonds is 5. The van der Waals surface area contributed by atoms with Gasteiger partial charge in [0.2, 0.25) is 0 Å². The number of aliphatic carboxylic acids is 1. The quantitative estimate of drug-likeness (QED) is 0.843. The number of benzene rings is 1. The van der Waals surface area contributed by atoms with Crippen LogP contribution < -0.4 is 0 Å². The summed E-state index contributed by atoms with van der Waals surface area (Å²) >= 11 is 1.63. The molecule has 0 amide bonds. The fourth-order valence-electron chi connectivity index (χ4n) is 1.69. The molecule has 5 heteroatoms. The maximum atomic E-state index is 11.0. The van der Waals surface area contributed by atoms with Gasteiger partial charge in [-0.15, -0.1) is 0 Å². The molecule has 0 aliphatic carbocycles. The SMILES string of the molecule is CC[C@@H](C)Sc1nc2ccccc2n1CC(=O)O. The van der Waals surface area contributed by atoms with Gasteiger partial charge in [0.15, 0.2) is 5.16 Å². The molecule has 0 saturated heterocycles. The molecule has 0 spiro atoms. The highest BCUT2D eigenvalue weighted by Crippen LogP contribution is 2.28. The Hall–Kier alpha value is -1.49. The van der Waals surface area contributed by atoms with Crippen LogP contribution in [0.1, 0.15) is 20.3 Å². The van der Waals surface area contributed by atoms with E-state index in [1.807, 2.05) is 24.3 Å². The molecule has 96 valence electrons. The lowest BCUT2D eigenvalue weighted by Gasteiger charge is -2.09. The van der Waals surface area contributed by atoms with Gasteiger partial charge in [0, 0.05) is 5.25 Å². The van der Waals surface area contributed by atoms with Gasteiger partial charge in [0.25, 0.3) is 0 Å². The van der Waals surface area contributed by atoms with Gasteiger partial charge in [0.1, 0.15) is 6.54 Å². The van der Waals surface area contributed by atoms with Crippen molar-refractivity contribution in [1.29, 1.82) is 0 Å². The minimum Gasteiger partial charge on any atom is -0.480 e. The Balaban J connectivity index is 2.46. The molecule has 2 aromatic rings. The normalized spacial score (nSPS) is 12.8. The summed E-state index contributed by atoms with van der Waals surface area (Å²) in [5.74, 6) is -0.843. The third-order valence-corrected chi connectivity index (χ3v) is 4.05. The third kappa shape index (κ3) is 2.67. The number of imidazole rings is 1. The molecule has 1 heterocycles. The topological polar surface area (TPSA) is 55.1 Å². The molecule has 2 rings (SSSR count). The molecular weight excluding hydrogens is 248 g/mol. The molecule has 1 aromatic carbocycles. The first kappa shape index (κ1) is 13.0. The third-order valence-electron chi connectivity index (χ3n) is 2.79. The van der Waals surface area contributed by atoms with E-state index in [0.29, 0.717) is 5.25 Å². The Morgan fingerprint density at radius 2 is 2.22 bits per heavy atom. The molecule has 0 saturated carbocycles. The zero-order valence-corrected chi connectivity index (χ0v) is 11.3. The van der Waals surface area contributed by atoms with Crippen molar-refractivity contribution in [2.75, 3.05) is 0 Å². The van der Waals surface area contributed by atoms with Gasteiger partial charge >= 0.3 is 5.97 Å². The lowest BCUT2D eigenvalue weighted by atomic mass is 10.3. The van der Waals surface area contributed by atoms with Crippen molar-refractivity contribution in [2.24, 2.45) is 0 Å². The van der Waals surface area contributed by atoms with Gasteiger partial charge in [-0.1, -0.05) is 37.7 Å². The Morgan fingerprint density at radius 3 is 2.89 bits per heavy atom. The molecule has 1 aromatic heterocycles. The summed E-state index contributed by atoms with van der Waals surface area (Å²) < 4.78 is 1.77. The molecule has 0 bridgehead atoms. The van der Waals surface area contributed by atoms with Crippen molar-refractivity contribution in [3.63, 3.8) is 0 Å². The second-order valence-corrected chi connectivity index (χ2v) is 5.61. The van der Waals surface area contributed by atoms with Crippen LogP contribution in [0.3, 0.4) is 0 Å². The number of thioether (sulfide) groups is 1. The van der Waals surface area contributed by atoms with E-state index in [9.17, 15) is 4.79 Å². The summed E-state index contributed by atoms with van der Waals surface area (Å²) in [5.41, 5.74) is 1.73. The van der Waals surface area contributed by atoms with E-state index in [2.05, 4.69) is 18.8 Å². The average Bonchev–Trinajstić information content (AvgIpc) is 2.67. The van der Waals surface area contributed by atoms with Crippen molar-refractivity contribution >= 4 is 28.8 Å². The lowest BCUT2D eigenvalue weighted by Crippen LogP contribution is -2.10. The number of hydrogen-bond donors (Lipinski definition) is 1. The van der Waals surface area contributed by atoms with E-state index >= 15 is 0 Å². The van der Waals surface area contributed by atoms with Crippen molar-refractivity contribution in [3.05, 3.63) is 24.3 Å². The first-order valence-corrected chi connectivity index (χ1v) is 6.83. The molecule has 0 aliphatic rings. The number of aromatic nitrogens is 2. The highest BCUT2D eigenvalue weighted by molar-refractivity contribution is 7.99. The number of carboxylic acid groups (broad SMARTS) is 1. The monoisotopic (exact) mass is 264 g/mol. The molecular formula is C13H16N2O2S. The van der Waals surface area contributed by atoms with Gasteiger partial charge in [-0.2, -0.15) is 0 Å². The Bertz CT molecular complexity index is 565. The second-order valence-electron chi connectivity index (χ2n) is 4.20. The molecule has 0 radical (unpaired) electrons. The summed E-state index contributed by atoms with van der Waals surface area (Å²) in [7, 11) is 0. The Morgan fingerprint density at radius 1 is 1.50 bits per heavy atom. The van der Waals surface area contributed by atoms with Gasteiger partial charge < -0.3 is 9.67 Å². The van der Waals surface area contributed by atoms with Crippen LogP contribution >= 0.6 is 11.8 Å². The van der Waals surface area contributed by atoms with Crippen molar-refractivity contribution in [3.8, 4) is 0 Å². The Kier molecular flexibility index (Phi) is 3.91. The Labute approximate surface area is 110 Å². The van der Waals surface area contributed by atoms with E-state index in [-0.39, 0.29) is 6.54 Å². The first-order chi connectivity index (χ1) is 8.61. The van der Waals surface area contributed by atoms with Crippen LogP contribution in [-0.4, -0.2) is 25.9 Å². The number of carboxylic acids is 1. The van der Waals surface area contributed by atoms with Crippen LogP contribution in [0.4, 0.5) is 0 Å². The molecule has 0 fully saturated rings. The van der Waals surface area contributed by atoms with Crippen molar-refractivity contribution in [1.82, 2.24) is 9.55 Å². The summed E-state index contributed by atoms with van der Waals surface area (Å²) in [5, 5.41) is 10.2. The molecule has 0 unspecified atom stereocenters. The smallest absolute Gasteiger partial charge is 0.323 e. The van der Waals surface area contributed by atoms with Crippen molar-refractivity contribution in [2.45, 2.75) is 37.2 Å². The maximum Gasteiger partial charge on any atom is 0.323 e.